The summed E-state index contributed by atoms with van der Waals surface area (Å²) in [5.74, 6) is 2.58. The molecule has 0 aliphatic heterocycles. The van der Waals surface area contributed by atoms with Crippen LogP contribution in [0.5, 0.6) is 0 Å². The summed E-state index contributed by atoms with van der Waals surface area (Å²) < 4.78 is 0. The van der Waals surface area contributed by atoms with Crippen LogP contribution in [0.25, 0.3) is 11.1 Å². The molecule has 0 saturated heterocycles. The lowest BCUT2D eigenvalue weighted by atomic mass is 9.95. The van der Waals surface area contributed by atoms with E-state index in [4.69, 9.17) is 6.42 Å². The molecule has 0 radical (unpaired) electrons. The summed E-state index contributed by atoms with van der Waals surface area (Å²) in [6.45, 7) is 11.3. The zero-order valence-corrected chi connectivity index (χ0v) is 19.7. The summed E-state index contributed by atoms with van der Waals surface area (Å²) in [5, 5.41) is 0. The van der Waals surface area contributed by atoms with Gasteiger partial charge in [0.2, 0.25) is 0 Å². The van der Waals surface area contributed by atoms with E-state index in [0.29, 0.717) is 0 Å². The lowest BCUT2D eigenvalue weighted by Crippen LogP contribution is -2.17. The Morgan fingerprint density at radius 2 is 1.50 bits per heavy atom. The van der Waals surface area contributed by atoms with Crippen LogP contribution in [0.15, 0.2) is 90.2 Å². The van der Waals surface area contributed by atoms with Crippen LogP contribution in [0.4, 0.5) is 11.4 Å². The van der Waals surface area contributed by atoms with Crippen molar-refractivity contribution in [3.8, 4) is 23.5 Å². The van der Waals surface area contributed by atoms with Crippen LogP contribution in [-0.2, 0) is 0 Å². The molecule has 3 aromatic carbocycles. The minimum absolute atomic E-state index is 0.749. The van der Waals surface area contributed by atoms with Gasteiger partial charge in [0.1, 0.15) is 0 Å². The molecule has 0 unspecified atom stereocenters. The Bertz CT molecular complexity index is 1240. The number of hydrogen-bond acceptors (Lipinski definition) is 1. The van der Waals surface area contributed by atoms with Gasteiger partial charge >= 0.3 is 0 Å². The predicted octanol–water partition coefficient (Wildman–Crippen LogP) is 8.02. The number of allylic oxidation sites excluding steroid dienone is 2. The van der Waals surface area contributed by atoms with Crippen molar-refractivity contribution < 1.29 is 0 Å². The molecule has 3 rings (SSSR count). The molecule has 0 spiro atoms. The van der Waals surface area contributed by atoms with Crippen molar-refractivity contribution in [1.29, 1.82) is 0 Å². The van der Waals surface area contributed by atoms with E-state index in [1.54, 1.807) is 0 Å². The average Bonchev–Trinajstić information content (AvgIpc) is 2.76. The standard InChI is InChI=1S/C31H31N/c1-7-23(2)12-9-8-10-19-32(28-14-11-13-24(3)21-28)29-16-18-31(27(6)22-29)30-17-15-25(4)20-26(30)5/h1,8-11,13-18,20-22H,19H2,2-6H3/b10-8-. The zero-order valence-electron chi connectivity index (χ0n) is 19.7. The molecule has 1 heteroatoms. The Morgan fingerprint density at radius 1 is 0.844 bits per heavy atom. The number of rotatable bonds is 6. The fraction of sp³-hybridized carbons (Fsp3) is 0.194. The lowest BCUT2D eigenvalue weighted by Gasteiger charge is -2.25. The normalized spacial score (nSPS) is 10.5. The molecule has 32 heavy (non-hydrogen) atoms. The summed E-state index contributed by atoms with van der Waals surface area (Å²) in [6, 6.07) is 22.0. The highest BCUT2D eigenvalue weighted by atomic mass is 15.1. The molecule has 0 amide bonds. The second-order valence-electron chi connectivity index (χ2n) is 8.28. The molecular weight excluding hydrogens is 386 g/mol. The van der Waals surface area contributed by atoms with Gasteiger partial charge in [-0.05, 0) is 92.8 Å². The minimum Gasteiger partial charge on any atom is -0.338 e. The third kappa shape index (κ3) is 5.70. The van der Waals surface area contributed by atoms with E-state index in [0.717, 1.165) is 12.1 Å². The second-order valence-corrected chi connectivity index (χ2v) is 8.28. The highest BCUT2D eigenvalue weighted by Gasteiger charge is 2.12. The van der Waals surface area contributed by atoms with Crippen LogP contribution in [0, 0.1) is 40.0 Å². The van der Waals surface area contributed by atoms with Gasteiger partial charge in [0.25, 0.3) is 0 Å². The summed E-state index contributed by atoms with van der Waals surface area (Å²) in [4.78, 5) is 2.33. The van der Waals surface area contributed by atoms with E-state index in [1.807, 2.05) is 19.1 Å². The van der Waals surface area contributed by atoms with E-state index in [9.17, 15) is 0 Å². The first kappa shape index (κ1) is 23.0. The van der Waals surface area contributed by atoms with Crippen LogP contribution in [-0.4, -0.2) is 6.54 Å². The van der Waals surface area contributed by atoms with Gasteiger partial charge in [0.05, 0.1) is 0 Å². The molecule has 0 N–H and O–H groups in total. The second kappa shape index (κ2) is 10.5. The molecule has 0 atom stereocenters. The third-order valence-electron chi connectivity index (χ3n) is 5.54. The highest BCUT2D eigenvalue weighted by Crippen LogP contribution is 2.33. The largest absolute Gasteiger partial charge is 0.338 e. The van der Waals surface area contributed by atoms with Crippen LogP contribution < -0.4 is 4.90 Å². The Labute approximate surface area is 193 Å². The molecule has 0 aromatic heterocycles. The van der Waals surface area contributed by atoms with Crippen molar-refractivity contribution in [3.63, 3.8) is 0 Å². The molecule has 0 heterocycles. The van der Waals surface area contributed by atoms with E-state index < -0.39 is 0 Å². The molecule has 1 nitrogen and oxygen atoms in total. The van der Waals surface area contributed by atoms with Crippen molar-refractivity contribution in [1.82, 2.24) is 0 Å². The molecule has 160 valence electrons. The SMILES string of the molecule is C#CC(C)=C=C/C=C\CN(c1cccc(C)c1)c1ccc(-c2ccc(C)cc2C)c(C)c1. The number of benzene rings is 3. The summed E-state index contributed by atoms with van der Waals surface area (Å²) in [5.41, 5.74) is 13.9. The van der Waals surface area contributed by atoms with E-state index in [2.05, 4.69) is 111 Å². The Hall–Kier alpha value is -3.72. The fourth-order valence-electron chi connectivity index (χ4n) is 3.84. The lowest BCUT2D eigenvalue weighted by molar-refractivity contribution is 1.09. The van der Waals surface area contributed by atoms with Crippen molar-refractivity contribution in [2.75, 3.05) is 11.4 Å². The maximum absolute atomic E-state index is 5.38. The third-order valence-corrected chi connectivity index (χ3v) is 5.54. The first-order valence-electron chi connectivity index (χ1n) is 11.0. The smallest absolute Gasteiger partial charge is 0.0416 e. The van der Waals surface area contributed by atoms with Gasteiger partial charge in [0, 0.05) is 23.5 Å². The van der Waals surface area contributed by atoms with Crippen molar-refractivity contribution in [2.45, 2.75) is 34.6 Å². The number of aryl methyl sites for hydroxylation is 4. The number of anilines is 2. The maximum atomic E-state index is 5.38. The topological polar surface area (TPSA) is 3.24 Å². The van der Waals surface area contributed by atoms with Crippen molar-refractivity contribution in [2.24, 2.45) is 0 Å². The van der Waals surface area contributed by atoms with Crippen LogP contribution in [0.1, 0.15) is 29.2 Å². The highest BCUT2D eigenvalue weighted by molar-refractivity contribution is 5.75. The van der Waals surface area contributed by atoms with Crippen molar-refractivity contribution in [3.05, 3.63) is 112 Å². The first-order chi connectivity index (χ1) is 15.4. The molecule has 0 saturated carbocycles. The number of hydrogen-bond donors (Lipinski definition) is 0. The Morgan fingerprint density at radius 3 is 2.16 bits per heavy atom. The van der Waals surface area contributed by atoms with Crippen LogP contribution in [0.2, 0.25) is 0 Å². The van der Waals surface area contributed by atoms with E-state index in [1.165, 1.54) is 44.8 Å². The van der Waals surface area contributed by atoms with E-state index >= 15 is 0 Å². The van der Waals surface area contributed by atoms with Crippen molar-refractivity contribution >= 4 is 11.4 Å². The quantitative estimate of drug-likeness (QED) is 0.223. The number of terminal acetylenes is 1. The molecule has 3 aromatic rings. The molecular formula is C31H31N. The van der Waals surface area contributed by atoms with Gasteiger partial charge in [-0.25, -0.2) is 0 Å². The zero-order chi connectivity index (χ0) is 23.1. The van der Waals surface area contributed by atoms with E-state index in [-0.39, 0.29) is 0 Å². The Balaban J connectivity index is 1.97. The van der Waals surface area contributed by atoms with Gasteiger partial charge in [-0.1, -0.05) is 60.0 Å². The molecule has 0 bridgehead atoms. The fourth-order valence-corrected chi connectivity index (χ4v) is 3.84. The summed E-state index contributed by atoms with van der Waals surface area (Å²) in [6.07, 6.45) is 11.4. The molecule has 0 aliphatic rings. The first-order valence-corrected chi connectivity index (χ1v) is 11.0. The van der Waals surface area contributed by atoms with Gasteiger partial charge in [-0.3, -0.25) is 0 Å². The minimum atomic E-state index is 0.749. The van der Waals surface area contributed by atoms with Gasteiger partial charge in [0.15, 0.2) is 0 Å². The van der Waals surface area contributed by atoms with Crippen LogP contribution >= 0.6 is 0 Å². The Kier molecular flexibility index (Phi) is 7.56. The van der Waals surface area contributed by atoms with Gasteiger partial charge in [-0.15, -0.1) is 12.2 Å². The molecule has 0 aliphatic carbocycles. The van der Waals surface area contributed by atoms with Crippen LogP contribution in [0.3, 0.4) is 0 Å². The summed E-state index contributed by atoms with van der Waals surface area (Å²) >= 11 is 0. The predicted molar refractivity (Wildman–Crippen MR) is 140 cm³/mol. The maximum Gasteiger partial charge on any atom is 0.0416 e. The monoisotopic (exact) mass is 417 g/mol. The van der Waals surface area contributed by atoms with Gasteiger partial charge < -0.3 is 4.90 Å². The number of nitrogens with zero attached hydrogens (tertiary/aromatic N) is 1. The summed E-state index contributed by atoms with van der Waals surface area (Å²) in [7, 11) is 0. The van der Waals surface area contributed by atoms with Gasteiger partial charge in [-0.2, -0.15) is 0 Å². The average molecular weight is 418 g/mol. The molecule has 0 fully saturated rings.